The van der Waals surface area contributed by atoms with Crippen molar-refractivity contribution >= 4 is 34.6 Å². The predicted octanol–water partition coefficient (Wildman–Crippen LogP) is 4.36. The molecule has 11 heteroatoms. The van der Waals surface area contributed by atoms with Gasteiger partial charge >= 0.3 is 0 Å². The summed E-state index contributed by atoms with van der Waals surface area (Å²) in [6.07, 6.45) is 2.38. The van der Waals surface area contributed by atoms with Gasteiger partial charge in [0.05, 0.1) is 23.0 Å². The van der Waals surface area contributed by atoms with E-state index in [2.05, 4.69) is 40.7 Å². The number of carbonyl (C=O) groups excluding carboxylic acids is 1. The van der Waals surface area contributed by atoms with Crippen LogP contribution in [0.2, 0.25) is 0 Å². The third-order valence-corrected chi connectivity index (χ3v) is 6.02. The predicted molar refractivity (Wildman–Crippen MR) is 138 cm³/mol. The normalized spacial score (nSPS) is 15.9. The molecular formula is C25H28N10O. The van der Waals surface area contributed by atoms with Crippen molar-refractivity contribution in [3.8, 4) is 5.69 Å². The summed E-state index contributed by atoms with van der Waals surface area (Å²) in [5.74, 6) is 2.90. The summed E-state index contributed by atoms with van der Waals surface area (Å²) in [5.41, 5.74) is 2.80. The fourth-order valence-electron chi connectivity index (χ4n) is 4.28. The number of aryl methyl sites for hydroxylation is 3. The molecule has 0 amide bonds. The van der Waals surface area contributed by atoms with E-state index < -0.39 is 19.1 Å². The Hall–Kier alpha value is -4.41. The minimum Gasteiger partial charge on any atom is -0.360 e. The van der Waals surface area contributed by atoms with Crippen molar-refractivity contribution in [3.63, 3.8) is 0 Å². The Labute approximate surface area is 213 Å². The maximum Gasteiger partial charge on any atom is 0.166 e. The van der Waals surface area contributed by atoms with Crippen molar-refractivity contribution in [1.82, 2.24) is 34.7 Å². The molecule has 4 aromatic rings. The second-order valence-corrected chi connectivity index (χ2v) is 8.65. The Kier molecular flexibility index (Phi) is 4.96. The lowest BCUT2D eigenvalue weighted by Gasteiger charge is -2.34. The molecule has 4 aromatic heterocycles. The summed E-state index contributed by atoms with van der Waals surface area (Å²) >= 11 is 0. The molecule has 0 fully saturated rings. The highest BCUT2D eigenvalue weighted by molar-refractivity contribution is 6.02. The van der Waals surface area contributed by atoms with Crippen LogP contribution in [0.4, 0.5) is 28.8 Å². The summed E-state index contributed by atoms with van der Waals surface area (Å²) in [6, 6.07) is 5.16. The van der Waals surface area contributed by atoms with Crippen molar-refractivity contribution < 1.29 is 8.91 Å². The van der Waals surface area contributed by atoms with E-state index in [0.29, 0.717) is 34.8 Å². The molecule has 36 heavy (non-hydrogen) atoms. The van der Waals surface area contributed by atoms with Gasteiger partial charge in [-0.05, 0) is 33.8 Å². The van der Waals surface area contributed by atoms with Crippen LogP contribution >= 0.6 is 0 Å². The zero-order valence-corrected chi connectivity index (χ0v) is 20.7. The lowest BCUT2D eigenvalue weighted by Crippen LogP contribution is -2.31. The fraction of sp³-hybridized carbons (Fsp3) is 0.320. The lowest BCUT2D eigenvalue weighted by atomic mass is 10.1. The maximum atomic E-state index is 13.1. The highest BCUT2D eigenvalue weighted by Gasteiger charge is 2.31. The van der Waals surface area contributed by atoms with E-state index in [1.165, 1.54) is 6.20 Å². The van der Waals surface area contributed by atoms with Crippen LogP contribution in [0.3, 0.4) is 0 Å². The third-order valence-electron chi connectivity index (χ3n) is 6.02. The molecule has 0 unspecified atom stereocenters. The van der Waals surface area contributed by atoms with E-state index in [0.717, 1.165) is 22.9 Å². The summed E-state index contributed by atoms with van der Waals surface area (Å²) in [4.78, 5) is 37.3. The van der Waals surface area contributed by atoms with Gasteiger partial charge in [-0.1, -0.05) is 6.85 Å². The van der Waals surface area contributed by atoms with Gasteiger partial charge in [0, 0.05) is 47.8 Å². The summed E-state index contributed by atoms with van der Waals surface area (Å²) < 4.78 is 24.6. The number of nitrogens with one attached hydrogen (secondary N) is 2. The molecule has 184 valence electrons. The number of hydrogen-bond acceptors (Lipinski definition) is 10. The average Bonchev–Trinajstić information content (AvgIpc) is 3.23. The van der Waals surface area contributed by atoms with Crippen LogP contribution in [0.25, 0.3) is 5.69 Å². The van der Waals surface area contributed by atoms with Gasteiger partial charge in [0.2, 0.25) is 0 Å². The summed E-state index contributed by atoms with van der Waals surface area (Å²) in [7, 11) is 1.93. The van der Waals surface area contributed by atoms with Gasteiger partial charge in [0.25, 0.3) is 0 Å². The Balaban J connectivity index is 1.59. The van der Waals surface area contributed by atoms with Gasteiger partial charge in [0.15, 0.2) is 17.4 Å². The van der Waals surface area contributed by atoms with Crippen molar-refractivity contribution in [2.75, 3.05) is 22.6 Å². The molecule has 1 aliphatic rings. The highest BCUT2D eigenvalue weighted by atomic mass is 16.1. The van der Waals surface area contributed by atoms with Crippen molar-refractivity contribution in [1.29, 1.82) is 0 Å². The molecule has 1 aliphatic heterocycles. The maximum absolute atomic E-state index is 13.1. The average molecular weight is 488 g/mol. The lowest BCUT2D eigenvalue weighted by molar-refractivity contribution is 0.0988. The first kappa shape index (κ1) is 19.8. The highest BCUT2D eigenvalue weighted by Crippen LogP contribution is 2.41. The number of aromatic nitrogens is 7. The van der Waals surface area contributed by atoms with Gasteiger partial charge in [-0.15, -0.1) is 0 Å². The third kappa shape index (κ3) is 4.12. The van der Waals surface area contributed by atoms with E-state index in [9.17, 15) is 4.79 Å². The number of fused-ring (bicyclic) bond motifs is 3. The standard InChI is InChI=1S/C25H28N10O/c1-7-20(36)17-12-27-21(32-22-10-13(2)28-15(4)29-22)11-18(17)31-24-23-19(8-9-26-24)35-25(14(3)34(23)6)30-16(5)33-35/h8-12,14H,7H2,1-6H3,(H2,26,27,28,29,31,32)/t14-/m0/s1/i1D3. The largest absolute Gasteiger partial charge is 0.360 e. The molecule has 5 heterocycles. The van der Waals surface area contributed by atoms with Crippen molar-refractivity contribution in [2.45, 2.75) is 47.0 Å². The minimum absolute atomic E-state index is 0.0981. The monoisotopic (exact) mass is 487 g/mol. The number of hydrogen-bond donors (Lipinski definition) is 2. The molecule has 0 saturated carbocycles. The number of carbonyl (C=O) groups is 1. The summed E-state index contributed by atoms with van der Waals surface area (Å²) in [6.45, 7) is 5.08. The first-order valence-corrected chi connectivity index (χ1v) is 11.4. The molecule has 5 rings (SSSR count). The topological polar surface area (TPSA) is 127 Å². The van der Waals surface area contributed by atoms with Crippen molar-refractivity contribution in [3.05, 3.63) is 59.3 Å². The van der Waals surface area contributed by atoms with E-state index in [-0.39, 0.29) is 11.6 Å². The SMILES string of the molecule is [2H]C([2H])([2H])CC(=O)c1cnc(Nc2cc(C)nc(C)n2)cc1Nc1nccc2c1N(C)[C@@H](C)c1nc(C)nn1-2. The second kappa shape index (κ2) is 8.99. The van der Waals surface area contributed by atoms with Crippen LogP contribution < -0.4 is 15.5 Å². The van der Waals surface area contributed by atoms with Gasteiger partial charge in [0.1, 0.15) is 29.0 Å². The molecule has 0 spiro atoms. The number of anilines is 5. The smallest absolute Gasteiger partial charge is 0.166 e. The van der Waals surface area contributed by atoms with Crippen LogP contribution in [0.15, 0.2) is 30.6 Å². The van der Waals surface area contributed by atoms with Crippen LogP contribution in [0.1, 0.15) is 63.9 Å². The molecule has 0 bridgehead atoms. The quantitative estimate of drug-likeness (QED) is 0.379. The Morgan fingerprint density at radius 2 is 1.92 bits per heavy atom. The number of nitrogens with zero attached hydrogens (tertiary/aromatic N) is 8. The minimum atomic E-state index is -2.43. The van der Waals surface area contributed by atoms with Gasteiger partial charge in [-0.3, -0.25) is 4.79 Å². The van der Waals surface area contributed by atoms with E-state index >= 15 is 0 Å². The Morgan fingerprint density at radius 3 is 2.69 bits per heavy atom. The van der Waals surface area contributed by atoms with E-state index in [1.807, 2.05) is 38.8 Å². The van der Waals surface area contributed by atoms with E-state index in [1.54, 1.807) is 29.9 Å². The summed E-state index contributed by atoms with van der Waals surface area (Å²) in [5, 5.41) is 11.0. The Morgan fingerprint density at radius 1 is 1.08 bits per heavy atom. The van der Waals surface area contributed by atoms with Crippen LogP contribution in [-0.4, -0.2) is 47.5 Å². The Bertz CT molecular complexity index is 1560. The first-order valence-electron chi connectivity index (χ1n) is 12.9. The van der Waals surface area contributed by atoms with Gasteiger partial charge in [-0.2, -0.15) is 5.10 Å². The van der Waals surface area contributed by atoms with Crippen LogP contribution in [0.5, 0.6) is 0 Å². The van der Waals surface area contributed by atoms with Gasteiger partial charge < -0.3 is 15.5 Å². The van der Waals surface area contributed by atoms with E-state index in [4.69, 9.17) is 4.11 Å². The van der Waals surface area contributed by atoms with Gasteiger partial charge in [-0.25, -0.2) is 29.6 Å². The number of ketones is 1. The molecular weight excluding hydrogens is 456 g/mol. The second-order valence-electron chi connectivity index (χ2n) is 8.65. The van der Waals surface area contributed by atoms with Crippen LogP contribution in [0, 0.1) is 20.8 Å². The zero-order chi connectivity index (χ0) is 28.1. The van der Waals surface area contributed by atoms with Crippen LogP contribution in [-0.2, 0) is 0 Å². The molecule has 0 radical (unpaired) electrons. The molecule has 1 atom stereocenters. The number of rotatable bonds is 6. The molecule has 0 aliphatic carbocycles. The fourth-order valence-corrected chi connectivity index (χ4v) is 4.28. The van der Waals surface area contributed by atoms with Crippen molar-refractivity contribution in [2.24, 2.45) is 0 Å². The number of pyridine rings is 2. The first-order chi connectivity index (χ1) is 18.4. The number of Topliss-reactive ketones (excluding diaryl/α,β-unsaturated/α-hetero) is 1. The molecule has 0 saturated heterocycles. The zero-order valence-electron chi connectivity index (χ0n) is 23.7. The molecule has 2 N–H and O–H groups in total. The molecule has 11 nitrogen and oxygen atoms in total. The molecule has 0 aromatic carbocycles.